The van der Waals surface area contributed by atoms with Crippen LogP contribution >= 0.6 is 11.5 Å². The van der Waals surface area contributed by atoms with E-state index in [1.54, 1.807) is 30.6 Å². The third-order valence-electron chi connectivity index (χ3n) is 3.20. The van der Waals surface area contributed by atoms with Gasteiger partial charge in [-0.3, -0.25) is 0 Å². The van der Waals surface area contributed by atoms with Gasteiger partial charge in [0.2, 0.25) is 5.13 Å². The third kappa shape index (κ3) is 4.12. The molecule has 0 spiro atoms. The van der Waals surface area contributed by atoms with Gasteiger partial charge in [-0.15, -0.1) is 0 Å². The molecule has 0 aromatic carbocycles. The van der Waals surface area contributed by atoms with E-state index in [4.69, 9.17) is 9.47 Å². The second kappa shape index (κ2) is 7.87. The molecule has 0 fully saturated rings. The van der Waals surface area contributed by atoms with Gasteiger partial charge in [0.05, 0.1) is 19.4 Å². The van der Waals surface area contributed by atoms with Gasteiger partial charge in [-0.25, -0.2) is 14.8 Å². The molecule has 134 valence electrons. The zero-order valence-corrected chi connectivity index (χ0v) is 15.3. The highest BCUT2D eigenvalue weighted by Crippen LogP contribution is 2.25. The fraction of sp³-hybridized carbons (Fsp3) is 0.235. The Balaban J connectivity index is 1.78. The number of ether oxygens (including phenoxy) is 2. The predicted molar refractivity (Wildman–Crippen MR) is 97.8 cm³/mol. The summed E-state index contributed by atoms with van der Waals surface area (Å²) in [6.07, 6.45) is 3.29. The molecule has 0 unspecified atom stereocenters. The van der Waals surface area contributed by atoms with Crippen LogP contribution in [0.2, 0.25) is 0 Å². The lowest BCUT2D eigenvalue weighted by Gasteiger charge is -2.08. The van der Waals surface area contributed by atoms with Crippen LogP contribution in [0.25, 0.3) is 11.5 Å². The van der Waals surface area contributed by atoms with Gasteiger partial charge in [-0.1, -0.05) is 0 Å². The van der Waals surface area contributed by atoms with E-state index in [1.807, 2.05) is 19.9 Å². The van der Waals surface area contributed by atoms with Crippen LogP contribution < -0.4 is 10.1 Å². The molecule has 0 bridgehead atoms. The Morgan fingerprint density at radius 3 is 2.77 bits per heavy atom. The Morgan fingerprint density at radius 1 is 1.23 bits per heavy atom. The second-order valence-corrected chi connectivity index (χ2v) is 6.24. The normalized spacial score (nSPS) is 10.6. The van der Waals surface area contributed by atoms with Crippen molar-refractivity contribution in [1.29, 1.82) is 0 Å². The Bertz CT molecular complexity index is 895. The van der Waals surface area contributed by atoms with Crippen molar-refractivity contribution in [1.82, 2.24) is 19.3 Å². The lowest BCUT2D eigenvalue weighted by atomic mass is 10.2. The fourth-order valence-corrected chi connectivity index (χ4v) is 2.69. The first-order valence-electron chi connectivity index (χ1n) is 7.84. The number of hydrogen-bond donors (Lipinski definition) is 1. The van der Waals surface area contributed by atoms with Gasteiger partial charge in [-0.05, 0) is 38.1 Å². The second-order valence-electron chi connectivity index (χ2n) is 5.49. The first-order chi connectivity index (χ1) is 12.6. The summed E-state index contributed by atoms with van der Waals surface area (Å²) in [4.78, 5) is 24.7. The van der Waals surface area contributed by atoms with Crippen molar-refractivity contribution < 1.29 is 14.3 Å². The van der Waals surface area contributed by atoms with Crippen molar-refractivity contribution in [2.75, 3.05) is 12.4 Å². The Kier molecular flexibility index (Phi) is 5.37. The van der Waals surface area contributed by atoms with Crippen molar-refractivity contribution in [3.05, 3.63) is 42.2 Å². The largest absolute Gasteiger partial charge is 0.489 e. The minimum absolute atomic E-state index is 0.0817. The maximum absolute atomic E-state index is 11.8. The highest BCUT2D eigenvalue weighted by molar-refractivity contribution is 7.09. The minimum Gasteiger partial charge on any atom is -0.489 e. The van der Waals surface area contributed by atoms with Gasteiger partial charge in [0.25, 0.3) is 0 Å². The van der Waals surface area contributed by atoms with Gasteiger partial charge < -0.3 is 14.8 Å². The van der Waals surface area contributed by atoms with Crippen molar-refractivity contribution >= 4 is 28.5 Å². The fourth-order valence-electron chi connectivity index (χ4n) is 2.11. The smallest absolute Gasteiger partial charge is 0.341 e. The molecule has 0 amide bonds. The summed E-state index contributed by atoms with van der Waals surface area (Å²) in [5.74, 6) is 1.04. The lowest BCUT2D eigenvalue weighted by molar-refractivity contribution is 0.0601. The topological polar surface area (TPSA) is 99.1 Å². The number of pyridine rings is 2. The molecule has 0 radical (unpaired) electrons. The molecule has 9 heteroatoms. The summed E-state index contributed by atoms with van der Waals surface area (Å²) in [5, 5.41) is 3.49. The number of anilines is 2. The van der Waals surface area contributed by atoms with Crippen LogP contribution in [0.4, 0.5) is 10.9 Å². The van der Waals surface area contributed by atoms with Gasteiger partial charge in [0.15, 0.2) is 5.82 Å². The molecule has 1 N–H and O–H groups in total. The maximum Gasteiger partial charge on any atom is 0.341 e. The van der Waals surface area contributed by atoms with Gasteiger partial charge in [0.1, 0.15) is 22.8 Å². The van der Waals surface area contributed by atoms with Crippen molar-refractivity contribution in [2.24, 2.45) is 0 Å². The number of nitrogens with one attached hydrogen (secondary N) is 1. The molecule has 0 saturated heterocycles. The number of nitrogens with zero attached hydrogens (tertiary/aromatic N) is 4. The molecule has 3 aromatic rings. The molecule has 0 aliphatic rings. The monoisotopic (exact) mass is 371 g/mol. The maximum atomic E-state index is 11.8. The van der Waals surface area contributed by atoms with E-state index in [2.05, 4.69) is 24.6 Å². The van der Waals surface area contributed by atoms with Gasteiger partial charge in [0, 0.05) is 17.7 Å². The molecule has 0 saturated carbocycles. The van der Waals surface area contributed by atoms with Crippen LogP contribution in [0.15, 0.2) is 36.7 Å². The minimum atomic E-state index is -0.479. The van der Waals surface area contributed by atoms with E-state index < -0.39 is 5.97 Å². The zero-order chi connectivity index (χ0) is 18.5. The number of esters is 1. The Labute approximate surface area is 154 Å². The number of carbonyl (C=O) groups excluding carboxylic acids is 1. The van der Waals surface area contributed by atoms with Crippen LogP contribution in [0, 0.1) is 0 Å². The summed E-state index contributed by atoms with van der Waals surface area (Å²) >= 11 is 1.15. The first kappa shape index (κ1) is 17.7. The summed E-state index contributed by atoms with van der Waals surface area (Å²) in [7, 11) is 1.32. The number of rotatable bonds is 6. The van der Waals surface area contributed by atoms with Crippen LogP contribution in [-0.4, -0.2) is 38.5 Å². The zero-order valence-electron chi connectivity index (χ0n) is 14.5. The first-order valence-corrected chi connectivity index (χ1v) is 8.61. The quantitative estimate of drug-likeness (QED) is 0.659. The average molecular weight is 371 g/mol. The summed E-state index contributed by atoms with van der Waals surface area (Å²) < 4.78 is 14.6. The molecule has 26 heavy (non-hydrogen) atoms. The highest BCUT2D eigenvalue weighted by atomic mass is 32.1. The molecule has 3 rings (SSSR count). The van der Waals surface area contributed by atoms with E-state index in [9.17, 15) is 4.79 Å². The molecule has 3 aromatic heterocycles. The van der Waals surface area contributed by atoms with Gasteiger partial charge >= 0.3 is 5.97 Å². The molecule has 0 aliphatic carbocycles. The van der Waals surface area contributed by atoms with Crippen LogP contribution in [0.1, 0.15) is 24.2 Å². The molecule has 8 nitrogen and oxygen atoms in total. The number of carbonyl (C=O) groups is 1. The van der Waals surface area contributed by atoms with E-state index in [0.717, 1.165) is 11.5 Å². The molecule has 0 atom stereocenters. The molecular weight excluding hydrogens is 354 g/mol. The lowest BCUT2D eigenvalue weighted by Crippen LogP contribution is -2.07. The van der Waals surface area contributed by atoms with Crippen molar-refractivity contribution in [2.45, 2.75) is 20.0 Å². The van der Waals surface area contributed by atoms with Gasteiger partial charge in [-0.2, -0.15) is 9.36 Å². The van der Waals surface area contributed by atoms with E-state index in [1.165, 1.54) is 7.11 Å². The summed E-state index contributed by atoms with van der Waals surface area (Å²) in [5.41, 5.74) is 0.944. The van der Waals surface area contributed by atoms with E-state index >= 15 is 0 Å². The van der Waals surface area contributed by atoms with Crippen molar-refractivity contribution in [3.63, 3.8) is 0 Å². The predicted octanol–water partition coefficient (Wildman–Crippen LogP) is 3.31. The Hall–Kier alpha value is -3.07. The molecule has 0 aliphatic heterocycles. The average Bonchev–Trinajstić information content (AvgIpc) is 3.10. The molecular formula is C17H17N5O3S. The van der Waals surface area contributed by atoms with Crippen LogP contribution in [0.5, 0.6) is 5.75 Å². The number of hydrogen-bond acceptors (Lipinski definition) is 9. The number of methoxy groups -OCH3 is 1. The number of aromatic nitrogens is 4. The van der Waals surface area contributed by atoms with Crippen LogP contribution in [-0.2, 0) is 4.74 Å². The highest BCUT2D eigenvalue weighted by Gasteiger charge is 2.15. The van der Waals surface area contributed by atoms with Crippen LogP contribution in [0.3, 0.4) is 0 Å². The van der Waals surface area contributed by atoms with E-state index in [0.29, 0.717) is 33.8 Å². The standard InChI is InChI=1S/C17H17N5O3S/c1-10(2)25-11-6-7-13(19-9-11)15-21-17(26-22-15)20-14-12(16(23)24-3)5-4-8-18-14/h4-10H,1-3H3,(H,18,20,21,22). The summed E-state index contributed by atoms with van der Waals surface area (Å²) in [6, 6.07) is 6.90. The molecule has 3 heterocycles. The van der Waals surface area contributed by atoms with Crippen molar-refractivity contribution in [3.8, 4) is 17.3 Å². The SMILES string of the molecule is COC(=O)c1cccnc1Nc1nc(-c2ccc(OC(C)C)cn2)ns1. The Morgan fingerprint density at radius 2 is 2.08 bits per heavy atom. The summed E-state index contributed by atoms with van der Waals surface area (Å²) in [6.45, 7) is 3.90. The third-order valence-corrected chi connectivity index (χ3v) is 3.83. The van der Waals surface area contributed by atoms with E-state index in [-0.39, 0.29) is 6.10 Å².